The van der Waals surface area contributed by atoms with Gasteiger partial charge in [0.25, 0.3) is 0 Å². The van der Waals surface area contributed by atoms with Gasteiger partial charge in [-0.25, -0.2) is 9.97 Å². The molecule has 0 saturated carbocycles. The number of hydrogen-bond acceptors (Lipinski definition) is 4. The fraction of sp³-hybridized carbons (Fsp3) is 0.600. The zero-order valence-electron chi connectivity index (χ0n) is 8.15. The highest BCUT2D eigenvalue weighted by Crippen LogP contribution is 2.20. The zero-order chi connectivity index (χ0) is 9.86. The van der Waals surface area contributed by atoms with Crippen molar-refractivity contribution >= 4 is 0 Å². The summed E-state index contributed by atoms with van der Waals surface area (Å²) in [5, 5.41) is 0. The lowest BCUT2D eigenvalue weighted by atomic mass is 9.87. The van der Waals surface area contributed by atoms with Gasteiger partial charge >= 0.3 is 0 Å². The van der Waals surface area contributed by atoms with Crippen molar-refractivity contribution in [2.75, 3.05) is 13.2 Å². The first kappa shape index (κ1) is 9.55. The summed E-state index contributed by atoms with van der Waals surface area (Å²) in [6.07, 6.45) is 6.05. The lowest BCUT2D eigenvalue weighted by molar-refractivity contribution is 0.0527. The predicted octanol–water partition coefficient (Wildman–Crippen LogP) is 0.527. The Morgan fingerprint density at radius 1 is 1.29 bits per heavy atom. The van der Waals surface area contributed by atoms with Gasteiger partial charge in [0, 0.05) is 37.6 Å². The fourth-order valence-corrected chi connectivity index (χ4v) is 1.69. The molecule has 0 aliphatic carbocycles. The summed E-state index contributed by atoms with van der Waals surface area (Å²) in [4.78, 5) is 8.37. The second kappa shape index (κ2) is 4.02. The predicted molar refractivity (Wildman–Crippen MR) is 52.7 cm³/mol. The van der Waals surface area contributed by atoms with Crippen LogP contribution in [-0.4, -0.2) is 28.7 Å². The highest BCUT2D eigenvalue weighted by Gasteiger charge is 2.28. The van der Waals surface area contributed by atoms with Crippen molar-refractivity contribution in [3.63, 3.8) is 0 Å². The molecule has 0 unspecified atom stereocenters. The second-order valence-electron chi connectivity index (χ2n) is 3.82. The monoisotopic (exact) mass is 193 g/mol. The molecule has 1 aliphatic rings. The smallest absolute Gasteiger partial charge is 0.130 e. The van der Waals surface area contributed by atoms with E-state index in [1.807, 2.05) is 6.07 Å². The SMILES string of the molecule is NC1(Cc2ncccn2)CCOCC1. The molecule has 0 atom stereocenters. The number of rotatable bonds is 2. The zero-order valence-corrected chi connectivity index (χ0v) is 8.15. The highest BCUT2D eigenvalue weighted by molar-refractivity contribution is 4.99. The molecular weight excluding hydrogens is 178 g/mol. The van der Waals surface area contributed by atoms with Crippen LogP contribution in [0.4, 0.5) is 0 Å². The highest BCUT2D eigenvalue weighted by atomic mass is 16.5. The molecule has 1 fully saturated rings. The standard InChI is InChI=1S/C10H15N3O/c11-10(2-6-14-7-3-10)8-9-12-4-1-5-13-9/h1,4-5H,2-3,6-8,11H2. The van der Waals surface area contributed by atoms with Gasteiger partial charge in [0.2, 0.25) is 0 Å². The number of hydrogen-bond donors (Lipinski definition) is 1. The topological polar surface area (TPSA) is 61.0 Å². The van der Waals surface area contributed by atoms with Crippen molar-refractivity contribution in [3.05, 3.63) is 24.3 Å². The van der Waals surface area contributed by atoms with Crippen molar-refractivity contribution in [3.8, 4) is 0 Å². The summed E-state index contributed by atoms with van der Waals surface area (Å²) < 4.78 is 5.28. The van der Waals surface area contributed by atoms with E-state index < -0.39 is 0 Å². The average Bonchev–Trinajstić information content (AvgIpc) is 2.19. The van der Waals surface area contributed by atoms with Crippen LogP contribution >= 0.6 is 0 Å². The molecule has 1 aromatic heterocycles. The van der Waals surface area contributed by atoms with Crippen LogP contribution in [0.2, 0.25) is 0 Å². The lowest BCUT2D eigenvalue weighted by Crippen LogP contribution is -2.47. The molecule has 4 heteroatoms. The summed E-state index contributed by atoms with van der Waals surface area (Å²) in [7, 11) is 0. The van der Waals surface area contributed by atoms with E-state index in [0.717, 1.165) is 38.3 Å². The Balaban J connectivity index is 2.02. The van der Waals surface area contributed by atoms with Crippen LogP contribution in [-0.2, 0) is 11.2 Å². The molecule has 0 bridgehead atoms. The Hall–Kier alpha value is -1.00. The molecule has 1 aliphatic heterocycles. The maximum absolute atomic E-state index is 6.23. The summed E-state index contributed by atoms with van der Waals surface area (Å²) in [6, 6.07) is 1.82. The Kier molecular flexibility index (Phi) is 2.74. The van der Waals surface area contributed by atoms with Gasteiger partial charge in [-0.15, -0.1) is 0 Å². The minimum atomic E-state index is -0.167. The van der Waals surface area contributed by atoms with Crippen molar-refractivity contribution in [2.24, 2.45) is 5.73 Å². The number of nitrogens with zero attached hydrogens (tertiary/aromatic N) is 2. The number of ether oxygens (including phenoxy) is 1. The molecule has 0 spiro atoms. The van der Waals surface area contributed by atoms with Gasteiger partial charge in [-0.05, 0) is 18.9 Å². The van der Waals surface area contributed by atoms with Gasteiger partial charge in [0.05, 0.1) is 0 Å². The van der Waals surface area contributed by atoms with Gasteiger partial charge in [-0.2, -0.15) is 0 Å². The molecule has 76 valence electrons. The van der Waals surface area contributed by atoms with E-state index in [2.05, 4.69) is 9.97 Å². The van der Waals surface area contributed by atoms with Crippen LogP contribution in [0.25, 0.3) is 0 Å². The van der Waals surface area contributed by atoms with Crippen LogP contribution in [0.5, 0.6) is 0 Å². The minimum Gasteiger partial charge on any atom is -0.381 e. The third-order valence-corrected chi connectivity index (χ3v) is 2.62. The van der Waals surface area contributed by atoms with Crippen LogP contribution in [0.15, 0.2) is 18.5 Å². The van der Waals surface area contributed by atoms with Crippen LogP contribution in [0.3, 0.4) is 0 Å². The van der Waals surface area contributed by atoms with E-state index >= 15 is 0 Å². The average molecular weight is 193 g/mol. The number of nitrogens with two attached hydrogens (primary N) is 1. The van der Waals surface area contributed by atoms with E-state index in [1.54, 1.807) is 12.4 Å². The summed E-state index contributed by atoms with van der Waals surface area (Å²) in [6.45, 7) is 1.51. The third-order valence-electron chi connectivity index (χ3n) is 2.62. The quantitative estimate of drug-likeness (QED) is 0.744. The second-order valence-corrected chi connectivity index (χ2v) is 3.82. The summed E-state index contributed by atoms with van der Waals surface area (Å²) in [5.74, 6) is 0.830. The van der Waals surface area contributed by atoms with Crippen molar-refractivity contribution < 1.29 is 4.74 Å². The van der Waals surface area contributed by atoms with Gasteiger partial charge in [-0.3, -0.25) is 0 Å². The summed E-state index contributed by atoms with van der Waals surface area (Å²) >= 11 is 0. The number of aromatic nitrogens is 2. The van der Waals surface area contributed by atoms with E-state index in [0.29, 0.717) is 0 Å². The maximum atomic E-state index is 6.23. The minimum absolute atomic E-state index is 0.167. The third kappa shape index (κ3) is 2.27. The normalized spacial score (nSPS) is 20.6. The molecule has 2 N–H and O–H groups in total. The molecule has 2 rings (SSSR count). The molecule has 1 saturated heterocycles. The first-order valence-electron chi connectivity index (χ1n) is 4.91. The Labute approximate surface area is 83.5 Å². The van der Waals surface area contributed by atoms with Gasteiger partial charge < -0.3 is 10.5 Å². The molecule has 0 radical (unpaired) electrons. The van der Waals surface area contributed by atoms with Crippen LogP contribution < -0.4 is 5.73 Å². The molecule has 0 aromatic carbocycles. The Morgan fingerprint density at radius 3 is 2.57 bits per heavy atom. The maximum Gasteiger partial charge on any atom is 0.130 e. The molecule has 0 amide bonds. The molecule has 4 nitrogen and oxygen atoms in total. The molecule has 14 heavy (non-hydrogen) atoms. The van der Waals surface area contributed by atoms with Crippen molar-refractivity contribution in [1.82, 2.24) is 9.97 Å². The fourth-order valence-electron chi connectivity index (χ4n) is 1.69. The van der Waals surface area contributed by atoms with Gasteiger partial charge in [-0.1, -0.05) is 0 Å². The van der Waals surface area contributed by atoms with Crippen LogP contribution in [0, 0.1) is 0 Å². The van der Waals surface area contributed by atoms with E-state index in [9.17, 15) is 0 Å². The Bertz CT molecular complexity index is 283. The molecule has 2 heterocycles. The van der Waals surface area contributed by atoms with E-state index in [1.165, 1.54) is 0 Å². The molecule has 1 aromatic rings. The van der Waals surface area contributed by atoms with Crippen molar-refractivity contribution in [1.29, 1.82) is 0 Å². The van der Waals surface area contributed by atoms with E-state index in [4.69, 9.17) is 10.5 Å². The van der Waals surface area contributed by atoms with Crippen LogP contribution in [0.1, 0.15) is 18.7 Å². The first-order chi connectivity index (χ1) is 6.79. The lowest BCUT2D eigenvalue weighted by Gasteiger charge is -2.32. The van der Waals surface area contributed by atoms with Gasteiger partial charge in [0.1, 0.15) is 5.82 Å². The first-order valence-corrected chi connectivity index (χ1v) is 4.91. The Morgan fingerprint density at radius 2 is 1.93 bits per heavy atom. The molecular formula is C10H15N3O. The van der Waals surface area contributed by atoms with Gasteiger partial charge in [0.15, 0.2) is 0 Å². The largest absolute Gasteiger partial charge is 0.381 e. The van der Waals surface area contributed by atoms with Crippen molar-refractivity contribution in [2.45, 2.75) is 24.8 Å². The summed E-state index contributed by atoms with van der Waals surface area (Å²) in [5.41, 5.74) is 6.06. The van der Waals surface area contributed by atoms with E-state index in [-0.39, 0.29) is 5.54 Å².